The minimum Gasteiger partial charge on any atom is -0.497 e. The predicted octanol–water partition coefficient (Wildman–Crippen LogP) is 3.15. The monoisotopic (exact) mass is 430 g/mol. The van der Waals surface area contributed by atoms with E-state index in [0.29, 0.717) is 16.2 Å². The van der Waals surface area contributed by atoms with Crippen molar-refractivity contribution >= 4 is 15.9 Å². The highest BCUT2D eigenvalue weighted by molar-refractivity contribution is 7.89. The summed E-state index contributed by atoms with van der Waals surface area (Å²) in [4.78, 5) is 13.2. The van der Waals surface area contributed by atoms with E-state index >= 15 is 0 Å². The zero-order chi connectivity index (χ0) is 21.8. The van der Waals surface area contributed by atoms with E-state index in [1.165, 1.54) is 39.4 Å². The third-order valence-corrected chi connectivity index (χ3v) is 5.86. The first-order chi connectivity index (χ1) is 13.4. The molecule has 0 aliphatic carbocycles. The molecule has 0 bridgehead atoms. The number of nitrogens with zero attached hydrogens (tertiary/aromatic N) is 2. The maximum Gasteiger partial charge on any atom is 0.406 e. The zero-order valence-corrected chi connectivity index (χ0v) is 16.9. The van der Waals surface area contributed by atoms with Crippen LogP contribution in [0.15, 0.2) is 53.4 Å². The van der Waals surface area contributed by atoms with Gasteiger partial charge >= 0.3 is 6.18 Å². The summed E-state index contributed by atoms with van der Waals surface area (Å²) >= 11 is 0. The van der Waals surface area contributed by atoms with Crippen molar-refractivity contribution in [2.45, 2.75) is 17.6 Å². The number of amides is 1. The van der Waals surface area contributed by atoms with Crippen molar-refractivity contribution < 1.29 is 31.1 Å². The molecule has 0 heterocycles. The van der Waals surface area contributed by atoms with Crippen molar-refractivity contribution in [1.29, 1.82) is 0 Å². The number of carbonyl (C=O) groups excluding carboxylic acids is 1. The number of methoxy groups -OCH3 is 1. The molecule has 6 nitrogen and oxygen atoms in total. The Balaban J connectivity index is 2.36. The molecule has 2 rings (SSSR count). The van der Waals surface area contributed by atoms with Crippen LogP contribution in [0.2, 0.25) is 0 Å². The quantitative estimate of drug-likeness (QED) is 0.677. The third-order valence-electron chi connectivity index (χ3n) is 4.05. The van der Waals surface area contributed by atoms with Crippen LogP contribution in [0, 0.1) is 0 Å². The first-order valence-corrected chi connectivity index (χ1v) is 9.89. The van der Waals surface area contributed by atoms with Crippen LogP contribution in [0.1, 0.15) is 15.9 Å². The summed E-state index contributed by atoms with van der Waals surface area (Å²) in [7, 11) is 0.273. The van der Waals surface area contributed by atoms with Crippen molar-refractivity contribution in [1.82, 2.24) is 9.21 Å². The number of hydrogen-bond acceptors (Lipinski definition) is 4. The molecule has 0 unspecified atom stereocenters. The molecule has 0 aliphatic heterocycles. The second kappa shape index (κ2) is 8.83. The van der Waals surface area contributed by atoms with Crippen LogP contribution < -0.4 is 4.74 Å². The SMILES string of the molecule is COc1ccc(CN(CC(F)(F)F)C(=O)c2cccc(S(=O)(=O)N(C)C)c2)cc1. The first kappa shape index (κ1) is 22.7. The van der Waals surface area contributed by atoms with Crippen LogP contribution in [0.4, 0.5) is 13.2 Å². The van der Waals surface area contributed by atoms with E-state index in [2.05, 4.69) is 0 Å². The summed E-state index contributed by atoms with van der Waals surface area (Å²) in [6, 6.07) is 11.2. The molecule has 10 heteroatoms. The standard InChI is InChI=1S/C19H21F3N2O4S/c1-23(2)29(26,27)17-6-4-5-15(11-17)18(25)24(13-19(20,21)22)12-14-7-9-16(28-3)10-8-14/h4-11H,12-13H2,1-3H3. The molecule has 2 aromatic rings. The van der Waals surface area contributed by atoms with Gasteiger partial charge in [-0.15, -0.1) is 0 Å². The Morgan fingerprint density at radius 2 is 1.69 bits per heavy atom. The Morgan fingerprint density at radius 3 is 2.21 bits per heavy atom. The van der Waals surface area contributed by atoms with Crippen LogP contribution in [0.5, 0.6) is 5.75 Å². The normalized spacial score (nSPS) is 12.1. The van der Waals surface area contributed by atoms with E-state index in [9.17, 15) is 26.4 Å². The molecule has 158 valence electrons. The van der Waals surface area contributed by atoms with Crippen LogP contribution >= 0.6 is 0 Å². The Hall–Kier alpha value is -2.59. The van der Waals surface area contributed by atoms with Gasteiger partial charge in [-0.2, -0.15) is 13.2 Å². The van der Waals surface area contributed by atoms with Gasteiger partial charge in [-0.05, 0) is 35.9 Å². The average Bonchev–Trinajstić information content (AvgIpc) is 2.66. The molecule has 1 amide bonds. The first-order valence-electron chi connectivity index (χ1n) is 8.45. The fourth-order valence-electron chi connectivity index (χ4n) is 2.55. The number of benzene rings is 2. The van der Waals surface area contributed by atoms with E-state index in [-0.39, 0.29) is 17.0 Å². The summed E-state index contributed by atoms with van der Waals surface area (Å²) in [5, 5.41) is 0. The van der Waals surface area contributed by atoms with Crippen molar-refractivity contribution in [3.8, 4) is 5.75 Å². The lowest BCUT2D eigenvalue weighted by molar-refractivity contribution is -0.141. The van der Waals surface area contributed by atoms with Gasteiger partial charge in [0.1, 0.15) is 12.3 Å². The molecule has 0 N–H and O–H groups in total. The number of carbonyl (C=O) groups is 1. The molecule has 0 aliphatic rings. The number of halogens is 3. The number of sulfonamides is 1. The van der Waals surface area contributed by atoms with Gasteiger partial charge in [-0.3, -0.25) is 4.79 Å². The second-order valence-electron chi connectivity index (χ2n) is 6.44. The highest BCUT2D eigenvalue weighted by Crippen LogP contribution is 2.22. The van der Waals surface area contributed by atoms with Gasteiger partial charge in [-0.1, -0.05) is 18.2 Å². The molecular formula is C19H21F3N2O4S. The van der Waals surface area contributed by atoms with E-state index in [0.717, 1.165) is 10.4 Å². The van der Waals surface area contributed by atoms with E-state index in [1.807, 2.05) is 0 Å². The smallest absolute Gasteiger partial charge is 0.406 e. The van der Waals surface area contributed by atoms with Gasteiger partial charge in [0.15, 0.2) is 0 Å². The lowest BCUT2D eigenvalue weighted by atomic mass is 10.1. The number of alkyl halides is 3. The van der Waals surface area contributed by atoms with Crippen molar-refractivity contribution in [2.75, 3.05) is 27.7 Å². The maximum absolute atomic E-state index is 13.1. The molecule has 0 radical (unpaired) electrons. The van der Waals surface area contributed by atoms with Gasteiger partial charge in [0.25, 0.3) is 5.91 Å². The van der Waals surface area contributed by atoms with Gasteiger partial charge in [0.05, 0.1) is 12.0 Å². The molecule has 0 saturated heterocycles. The molecular weight excluding hydrogens is 409 g/mol. The number of ether oxygens (including phenoxy) is 1. The van der Waals surface area contributed by atoms with Gasteiger partial charge in [0.2, 0.25) is 10.0 Å². The summed E-state index contributed by atoms with van der Waals surface area (Å²) in [5.74, 6) is -0.391. The highest BCUT2D eigenvalue weighted by Gasteiger charge is 2.33. The van der Waals surface area contributed by atoms with E-state index in [4.69, 9.17) is 4.74 Å². The number of hydrogen-bond donors (Lipinski definition) is 0. The fraction of sp³-hybridized carbons (Fsp3) is 0.316. The Kier molecular flexibility index (Phi) is 6.91. The molecule has 0 aromatic heterocycles. The third kappa shape index (κ3) is 5.94. The predicted molar refractivity (Wildman–Crippen MR) is 101 cm³/mol. The van der Waals surface area contributed by atoms with Gasteiger partial charge < -0.3 is 9.64 Å². The lowest BCUT2D eigenvalue weighted by Gasteiger charge is -2.24. The Bertz CT molecular complexity index is 958. The van der Waals surface area contributed by atoms with Crippen molar-refractivity contribution in [3.05, 3.63) is 59.7 Å². The van der Waals surface area contributed by atoms with Crippen LogP contribution in [-0.2, 0) is 16.6 Å². The highest BCUT2D eigenvalue weighted by atomic mass is 32.2. The van der Waals surface area contributed by atoms with Gasteiger partial charge in [-0.25, -0.2) is 12.7 Å². The topological polar surface area (TPSA) is 66.9 Å². The van der Waals surface area contributed by atoms with Crippen molar-refractivity contribution in [2.24, 2.45) is 0 Å². The largest absolute Gasteiger partial charge is 0.497 e. The minimum atomic E-state index is -4.62. The molecule has 2 aromatic carbocycles. The van der Waals surface area contributed by atoms with Crippen LogP contribution in [0.3, 0.4) is 0 Å². The summed E-state index contributed by atoms with van der Waals surface area (Å²) in [5.41, 5.74) is 0.325. The fourth-order valence-corrected chi connectivity index (χ4v) is 3.50. The van der Waals surface area contributed by atoms with Crippen molar-refractivity contribution in [3.63, 3.8) is 0 Å². The van der Waals surface area contributed by atoms with Gasteiger partial charge in [0, 0.05) is 26.2 Å². The minimum absolute atomic E-state index is 0.148. The maximum atomic E-state index is 13.1. The summed E-state index contributed by atoms with van der Waals surface area (Å²) in [6.45, 7) is -1.77. The molecule has 0 saturated carbocycles. The second-order valence-corrected chi connectivity index (χ2v) is 8.59. The molecule has 29 heavy (non-hydrogen) atoms. The number of rotatable bonds is 7. The van der Waals surface area contributed by atoms with E-state index < -0.39 is 28.7 Å². The molecule has 0 spiro atoms. The summed E-state index contributed by atoms with van der Waals surface area (Å²) < 4.78 is 69.7. The molecule has 0 fully saturated rings. The van der Waals surface area contributed by atoms with E-state index in [1.54, 1.807) is 24.3 Å². The lowest BCUT2D eigenvalue weighted by Crippen LogP contribution is -2.38. The Morgan fingerprint density at radius 1 is 1.07 bits per heavy atom. The Labute approximate surface area is 167 Å². The zero-order valence-electron chi connectivity index (χ0n) is 16.1. The van der Waals surface area contributed by atoms with Crippen LogP contribution in [0.25, 0.3) is 0 Å². The average molecular weight is 430 g/mol. The van der Waals surface area contributed by atoms with Crippen LogP contribution in [-0.4, -0.2) is 57.5 Å². The molecule has 0 atom stereocenters. The summed E-state index contributed by atoms with van der Waals surface area (Å²) in [6.07, 6.45) is -4.62.